The number of likely N-dealkylation sites (tertiary alicyclic amines) is 1. The van der Waals surface area contributed by atoms with Gasteiger partial charge in [-0.3, -0.25) is 29.3 Å². The zero-order valence-corrected chi connectivity index (χ0v) is 53.0. The van der Waals surface area contributed by atoms with Crippen molar-refractivity contribution in [3.63, 3.8) is 0 Å². The van der Waals surface area contributed by atoms with Crippen LogP contribution in [-0.2, 0) is 48.0 Å². The summed E-state index contributed by atoms with van der Waals surface area (Å²) in [6.07, 6.45) is 1.30. The molecule has 2 aliphatic rings. The van der Waals surface area contributed by atoms with Gasteiger partial charge in [-0.25, -0.2) is 19.7 Å². The SMILES string of the molecule is CC(=O)O[C@@H]1C[C@@H](C(=O)N[C@@H](C)c2ccc(-c3scnc3C)cc2)N(C(=O)[C@@H](NC(=O)CCCc2ccc(Oc3cccc(-c4ccc(N5CCc6cccc(C(=O)Nc7nc8ccccc8s7)c6C5)nc4C(=O)OC(C)(C)C)c3C)cc2)C(C)(C)C)C1. The molecule has 0 saturated carbocycles. The fourth-order valence-electron chi connectivity index (χ4n) is 11.3. The van der Waals surface area contributed by atoms with E-state index in [2.05, 4.69) is 30.8 Å². The van der Waals surface area contributed by atoms with E-state index in [0.29, 0.717) is 65.9 Å². The maximum Gasteiger partial charge on any atom is 0.358 e. The Labute approximate surface area is 521 Å². The molecule has 0 aliphatic carbocycles. The van der Waals surface area contributed by atoms with E-state index < -0.39 is 53.1 Å². The molecule has 17 nitrogen and oxygen atoms in total. The molecule has 3 aromatic heterocycles. The third-order valence-electron chi connectivity index (χ3n) is 15.8. The molecule has 0 spiro atoms. The van der Waals surface area contributed by atoms with Crippen LogP contribution in [0.4, 0.5) is 10.9 Å². The van der Waals surface area contributed by atoms with Crippen LogP contribution in [0.25, 0.3) is 31.8 Å². The molecule has 4 amide bonds. The van der Waals surface area contributed by atoms with E-state index in [0.717, 1.165) is 59.7 Å². The van der Waals surface area contributed by atoms with E-state index >= 15 is 0 Å². The van der Waals surface area contributed by atoms with E-state index in [1.54, 1.807) is 11.3 Å². The van der Waals surface area contributed by atoms with Crippen molar-refractivity contribution in [1.29, 1.82) is 0 Å². The number of fused-ring (bicyclic) bond motifs is 2. The van der Waals surface area contributed by atoms with Gasteiger partial charge in [0.15, 0.2) is 10.8 Å². The van der Waals surface area contributed by atoms with Gasteiger partial charge < -0.3 is 34.6 Å². The van der Waals surface area contributed by atoms with Gasteiger partial charge in [0.2, 0.25) is 17.7 Å². The Bertz CT molecular complexity index is 3890. The fraction of sp³-hybridized carbons (Fsp3) is 0.348. The summed E-state index contributed by atoms with van der Waals surface area (Å²) in [5.41, 5.74) is 9.71. The maximum atomic E-state index is 14.6. The monoisotopic (exact) mass is 1220 g/mol. The predicted molar refractivity (Wildman–Crippen MR) is 344 cm³/mol. The number of rotatable bonds is 18. The van der Waals surface area contributed by atoms with Gasteiger partial charge in [-0.2, -0.15) is 0 Å². The van der Waals surface area contributed by atoms with E-state index in [-0.39, 0.29) is 42.8 Å². The average Bonchev–Trinajstić information content (AvgIpc) is 4.17. The van der Waals surface area contributed by atoms with Crippen LogP contribution in [0.5, 0.6) is 11.5 Å². The number of hydrogen-bond donors (Lipinski definition) is 3. The molecule has 0 radical (unpaired) electrons. The van der Waals surface area contributed by atoms with E-state index in [1.807, 2.05) is 189 Å². The highest BCUT2D eigenvalue weighted by atomic mass is 32.1. The van der Waals surface area contributed by atoms with Crippen LogP contribution in [0.15, 0.2) is 127 Å². The van der Waals surface area contributed by atoms with Crippen LogP contribution in [0.2, 0.25) is 0 Å². The summed E-state index contributed by atoms with van der Waals surface area (Å²) in [7, 11) is 0. The standard InChI is InChI=1S/C69H74N8O9S2/c1-40-50(51-32-33-58(73-60(51)66(83)86-69(8,9)10)76-35-34-46-17-14-19-52(53(46)38-76)63(80)75-67-72-54-20-11-12-22-57(54)88-67)18-15-21-56(40)85-48-30-24-44(25-31-48)16-13-23-59(79)74-62(68(5,6)7)65(82)77-37-49(84-43(4)78)36-55(77)64(81)71-41(2)45-26-28-47(29-27-45)61-42(3)70-39-87-61/h11-12,14-15,17-22,24-33,39,41,49,55,62H,13,16,23,34-38H2,1-10H3,(H,71,81)(H,74,79)(H,72,75,80)/t41-,49+,55-,62+/m0/s1. The number of amides is 4. The summed E-state index contributed by atoms with van der Waals surface area (Å²) in [5, 5.41) is 9.62. The van der Waals surface area contributed by atoms with Crippen LogP contribution < -0.4 is 25.6 Å². The van der Waals surface area contributed by atoms with Crippen LogP contribution in [-0.4, -0.2) is 92.3 Å². The summed E-state index contributed by atoms with van der Waals surface area (Å²) in [6.45, 7) is 19.2. The smallest absolute Gasteiger partial charge is 0.358 e. The third-order valence-corrected chi connectivity index (χ3v) is 17.7. The van der Waals surface area contributed by atoms with Crippen molar-refractivity contribution in [2.24, 2.45) is 5.41 Å². The number of aromatic nitrogens is 3. The molecule has 1 fully saturated rings. The third kappa shape index (κ3) is 14.6. The second-order valence-corrected chi connectivity index (χ2v) is 26.5. The molecule has 0 bridgehead atoms. The van der Waals surface area contributed by atoms with Gasteiger partial charge >= 0.3 is 11.9 Å². The van der Waals surface area contributed by atoms with Crippen LogP contribution >= 0.6 is 22.7 Å². The molecule has 3 N–H and O–H groups in total. The number of nitrogens with zero attached hydrogens (tertiary/aromatic N) is 5. The van der Waals surface area contributed by atoms with Gasteiger partial charge in [-0.1, -0.05) is 105 Å². The van der Waals surface area contributed by atoms with Crippen LogP contribution in [0.1, 0.15) is 135 Å². The maximum absolute atomic E-state index is 14.6. The van der Waals surface area contributed by atoms with E-state index in [4.69, 9.17) is 19.2 Å². The lowest BCUT2D eigenvalue weighted by atomic mass is 9.85. The number of carbonyl (C=O) groups excluding carboxylic acids is 6. The topological polar surface area (TPSA) is 211 Å². The molecule has 0 unspecified atom stereocenters. The summed E-state index contributed by atoms with van der Waals surface area (Å²) in [5.74, 6) is -0.700. The number of thiazole rings is 2. The quantitative estimate of drug-likeness (QED) is 0.0683. The molecule has 5 heterocycles. The van der Waals surface area contributed by atoms with Crippen molar-refractivity contribution >= 4 is 79.4 Å². The van der Waals surface area contributed by atoms with Crippen LogP contribution in [0.3, 0.4) is 0 Å². The zero-order valence-electron chi connectivity index (χ0n) is 51.3. The average molecular weight is 1220 g/mol. The number of pyridine rings is 1. The summed E-state index contributed by atoms with van der Waals surface area (Å²) in [4.78, 5) is 101. The first-order chi connectivity index (χ1) is 42.0. The summed E-state index contributed by atoms with van der Waals surface area (Å²) < 4.78 is 19.0. The first kappa shape index (κ1) is 62.2. The summed E-state index contributed by atoms with van der Waals surface area (Å²) in [6, 6.07) is 36.3. The second-order valence-electron chi connectivity index (χ2n) is 24.6. The molecule has 4 atom stereocenters. The Morgan fingerprint density at radius 2 is 1.56 bits per heavy atom. The normalized spacial score (nSPS) is 15.7. The molecular formula is C69H74N8O9S2. The Kier molecular flexibility index (Phi) is 18.6. The van der Waals surface area contributed by atoms with Gasteiger partial charge in [0, 0.05) is 44.0 Å². The molecule has 10 rings (SSSR count). The van der Waals surface area contributed by atoms with Crippen molar-refractivity contribution in [3.05, 3.63) is 172 Å². The number of benzene rings is 5. The zero-order chi connectivity index (χ0) is 62.6. The van der Waals surface area contributed by atoms with Gasteiger partial charge in [0.25, 0.3) is 5.91 Å². The highest BCUT2D eigenvalue weighted by molar-refractivity contribution is 7.22. The second kappa shape index (κ2) is 26.3. The Hall–Kier alpha value is -8.81. The minimum atomic E-state index is -0.976. The first-order valence-corrected chi connectivity index (χ1v) is 31.4. The van der Waals surface area contributed by atoms with Gasteiger partial charge in [0.1, 0.15) is 41.1 Å². The number of esters is 2. The molecule has 1 saturated heterocycles. The number of aryl methyl sites for hydroxylation is 2. The lowest BCUT2D eigenvalue weighted by Crippen LogP contribution is -2.57. The number of ether oxygens (including phenoxy) is 3. The Morgan fingerprint density at radius 1 is 0.807 bits per heavy atom. The van der Waals surface area contributed by atoms with Crippen molar-refractivity contribution in [1.82, 2.24) is 30.5 Å². The number of para-hydroxylation sites is 1. The highest BCUT2D eigenvalue weighted by Crippen LogP contribution is 2.38. The molecular weight excluding hydrogens is 1150 g/mol. The van der Waals surface area contributed by atoms with Crippen molar-refractivity contribution in [2.45, 2.75) is 138 Å². The first-order valence-electron chi connectivity index (χ1n) is 29.7. The van der Waals surface area contributed by atoms with Gasteiger partial charge in [0.05, 0.1) is 38.9 Å². The Morgan fingerprint density at radius 3 is 2.26 bits per heavy atom. The Balaban J connectivity index is 0.772. The van der Waals surface area contributed by atoms with Gasteiger partial charge in [-0.15, -0.1) is 11.3 Å². The lowest BCUT2D eigenvalue weighted by Gasteiger charge is -2.35. The fourth-order valence-corrected chi connectivity index (χ4v) is 12.9. The molecule has 2 aliphatic heterocycles. The van der Waals surface area contributed by atoms with Gasteiger partial charge in [-0.05, 0) is 154 Å². The largest absolute Gasteiger partial charge is 0.461 e. The highest BCUT2D eigenvalue weighted by Gasteiger charge is 2.46. The molecule has 5 aromatic carbocycles. The minimum Gasteiger partial charge on any atom is -0.461 e. The number of nitrogens with one attached hydrogen (secondary N) is 3. The number of carbonyl (C=O) groups is 6. The van der Waals surface area contributed by atoms with Crippen LogP contribution in [0, 0.1) is 19.3 Å². The lowest BCUT2D eigenvalue weighted by molar-refractivity contribution is -0.147. The molecule has 88 heavy (non-hydrogen) atoms. The van der Waals surface area contributed by atoms with Crippen molar-refractivity contribution < 1.29 is 43.0 Å². The van der Waals surface area contributed by atoms with E-state index in [1.165, 1.54) is 23.2 Å². The van der Waals surface area contributed by atoms with E-state index in [9.17, 15) is 28.8 Å². The molecule has 19 heteroatoms. The van der Waals surface area contributed by atoms with Crippen molar-refractivity contribution in [2.75, 3.05) is 23.3 Å². The number of anilines is 2. The summed E-state index contributed by atoms with van der Waals surface area (Å²) >= 11 is 2.99. The van der Waals surface area contributed by atoms with Crippen molar-refractivity contribution in [3.8, 4) is 33.1 Å². The minimum absolute atomic E-state index is 0.0110. The number of hydrogen-bond acceptors (Lipinski definition) is 15. The molecule has 456 valence electrons. The predicted octanol–water partition coefficient (Wildman–Crippen LogP) is 12.9. The molecule has 8 aromatic rings.